The fourth-order valence-corrected chi connectivity index (χ4v) is 6.06. The minimum atomic E-state index is -3.67. The van der Waals surface area contributed by atoms with Crippen LogP contribution in [0.15, 0.2) is 35.2 Å². The average molecular weight is 464 g/mol. The summed E-state index contributed by atoms with van der Waals surface area (Å²) in [4.78, 5) is 39.0. The van der Waals surface area contributed by atoms with Gasteiger partial charge in [-0.3, -0.25) is 14.4 Å². The van der Waals surface area contributed by atoms with E-state index in [0.717, 1.165) is 4.88 Å². The highest BCUT2D eigenvalue weighted by Crippen LogP contribution is 2.26. The highest BCUT2D eigenvalue weighted by atomic mass is 32.2. The number of amides is 1. The Balaban J connectivity index is 1.77. The van der Waals surface area contributed by atoms with Gasteiger partial charge in [0.15, 0.2) is 9.84 Å². The van der Waals surface area contributed by atoms with Gasteiger partial charge in [-0.2, -0.15) is 0 Å². The van der Waals surface area contributed by atoms with Crippen LogP contribution in [-0.4, -0.2) is 41.2 Å². The molecular formula is C21H25N3O5S2. The van der Waals surface area contributed by atoms with Crippen LogP contribution in [0, 0.1) is 17.8 Å². The number of hydrogen-bond acceptors (Lipinski definition) is 8. The molecular weight excluding hydrogens is 438 g/mol. The maximum absolute atomic E-state index is 13.1. The van der Waals surface area contributed by atoms with E-state index in [1.807, 2.05) is 0 Å². The topological polar surface area (TPSA) is 123 Å². The van der Waals surface area contributed by atoms with Crippen LogP contribution in [0.25, 0.3) is 0 Å². The number of fused-ring (bicyclic) bond motifs is 1. The lowest BCUT2D eigenvalue weighted by atomic mass is 9.84. The number of ketones is 2. The van der Waals surface area contributed by atoms with Crippen molar-refractivity contribution in [2.75, 3.05) is 5.75 Å². The molecule has 1 aromatic heterocycles. The lowest BCUT2D eigenvalue weighted by molar-refractivity contribution is -0.141. The number of benzene rings is 1. The van der Waals surface area contributed by atoms with Crippen molar-refractivity contribution >= 4 is 38.8 Å². The summed E-state index contributed by atoms with van der Waals surface area (Å²) in [5.41, 5.74) is 0.713. The van der Waals surface area contributed by atoms with Gasteiger partial charge >= 0.3 is 0 Å². The van der Waals surface area contributed by atoms with Crippen LogP contribution >= 0.6 is 11.5 Å². The molecule has 1 N–H and O–H groups in total. The van der Waals surface area contributed by atoms with Crippen molar-refractivity contribution in [1.29, 1.82) is 0 Å². The highest BCUT2D eigenvalue weighted by molar-refractivity contribution is 7.91. The molecule has 2 unspecified atom stereocenters. The van der Waals surface area contributed by atoms with Crippen LogP contribution in [0.4, 0.5) is 0 Å². The molecule has 2 heterocycles. The van der Waals surface area contributed by atoms with Crippen LogP contribution in [0.1, 0.15) is 37.3 Å². The van der Waals surface area contributed by atoms with E-state index in [-0.39, 0.29) is 41.7 Å². The summed E-state index contributed by atoms with van der Waals surface area (Å²) >= 11 is 1.17. The zero-order valence-electron chi connectivity index (χ0n) is 17.4. The molecule has 2 atom stereocenters. The van der Waals surface area contributed by atoms with E-state index in [0.29, 0.717) is 12.1 Å². The van der Waals surface area contributed by atoms with Crippen LogP contribution in [0.5, 0.6) is 0 Å². The summed E-state index contributed by atoms with van der Waals surface area (Å²) in [5.74, 6) is -3.87. The van der Waals surface area contributed by atoms with Gasteiger partial charge in [0.05, 0.1) is 27.8 Å². The largest absolute Gasteiger partial charge is 0.344 e. The van der Waals surface area contributed by atoms with Gasteiger partial charge in [-0.25, -0.2) is 8.42 Å². The molecule has 166 valence electrons. The van der Waals surface area contributed by atoms with Gasteiger partial charge < -0.3 is 5.32 Å². The van der Waals surface area contributed by atoms with Crippen molar-refractivity contribution in [3.63, 3.8) is 0 Å². The van der Waals surface area contributed by atoms with E-state index < -0.39 is 33.4 Å². The maximum atomic E-state index is 13.1. The molecule has 1 aliphatic heterocycles. The number of aryl methyl sites for hydroxylation is 1. The number of nitrogens with zero attached hydrogens (tertiary/aromatic N) is 2. The monoisotopic (exact) mass is 463 g/mol. The molecule has 8 nitrogen and oxygen atoms in total. The summed E-state index contributed by atoms with van der Waals surface area (Å²) in [6, 6.07) is 8.00. The Kier molecular flexibility index (Phi) is 7.32. The van der Waals surface area contributed by atoms with Gasteiger partial charge in [-0.15, -0.1) is 5.10 Å². The SMILES string of the molecule is CC(C)C(CS(=O)(=O)c1ccccc1)C(=O)CC1CCc2nnsc2CNC(=O)C1=O. The molecule has 0 spiro atoms. The number of carbonyl (C=O) groups excluding carboxylic acids is 3. The molecule has 0 saturated carbocycles. The van der Waals surface area contributed by atoms with Crippen LogP contribution in [0.2, 0.25) is 0 Å². The number of nitrogens with one attached hydrogen (secondary N) is 1. The van der Waals surface area contributed by atoms with E-state index in [9.17, 15) is 22.8 Å². The smallest absolute Gasteiger partial charge is 0.287 e. The highest BCUT2D eigenvalue weighted by Gasteiger charge is 2.34. The summed E-state index contributed by atoms with van der Waals surface area (Å²) in [6.07, 6.45) is 0.540. The Bertz CT molecular complexity index is 1060. The molecule has 0 fully saturated rings. The minimum absolute atomic E-state index is 0.162. The number of hydrogen-bond donors (Lipinski definition) is 1. The molecule has 0 radical (unpaired) electrons. The fraction of sp³-hybridized carbons (Fsp3) is 0.476. The van der Waals surface area contributed by atoms with Crippen molar-refractivity contribution in [1.82, 2.24) is 14.9 Å². The van der Waals surface area contributed by atoms with Gasteiger partial charge in [0.2, 0.25) is 5.78 Å². The first kappa shape index (κ1) is 23.2. The van der Waals surface area contributed by atoms with E-state index in [1.54, 1.807) is 32.0 Å². The normalized spacial score (nSPS) is 18.5. The van der Waals surface area contributed by atoms with Crippen LogP contribution < -0.4 is 5.32 Å². The van der Waals surface area contributed by atoms with Crippen molar-refractivity contribution in [3.8, 4) is 0 Å². The summed E-state index contributed by atoms with van der Waals surface area (Å²) in [6.45, 7) is 3.75. The molecule has 2 aromatic rings. The van der Waals surface area contributed by atoms with Crippen LogP contribution in [0.3, 0.4) is 0 Å². The third kappa shape index (κ3) is 5.62. The molecule has 10 heteroatoms. The zero-order valence-corrected chi connectivity index (χ0v) is 19.0. The summed E-state index contributed by atoms with van der Waals surface area (Å²) < 4.78 is 29.5. The van der Waals surface area contributed by atoms with Crippen molar-refractivity contribution in [2.45, 2.75) is 44.6 Å². The standard InChI is InChI=1S/C21H25N3O5S2/c1-13(2)16(12-31(28,29)15-6-4-3-5-7-15)18(25)10-14-8-9-17-19(30-24-23-17)11-22-21(27)20(14)26/h3-7,13-14,16H,8-12H2,1-2H3,(H,22,27). The van der Waals surface area contributed by atoms with E-state index in [2.05, 4.69) is 14.9 Å². The molecule has 0 bridgehead atoms. The van der Waals surface area contributed by atoms with Gasteiger partial charge in [0.1, 0.15) is 5.78 Å². The molecule has 3 rings (SSSR count). The molecule has 0 saturated heterocycles. The second-order valence-electron chi connectivity index (χ2n) is 8.04. The van der Waals surface area contributed by atoms with Crippen LogP contribution in [-0.2, 0) is 37.2 Å². The number of aromatic nitrogens is 2. The Morgan fingerprint density at radius 3 is 2.61 bits per heavy atom. The Morgan fingerprint density at radius 2 is 1.94 bits per heavy atom. The number of sulfone groups is 1. The third-order valence-corrected chi connectivity index (χ3v) is 8.09. The van der Waals surface area contributed by atoms with Gasteiger partial charge in [0.25, 0.3) is 5.91 Å². The first-order chi connectivity index (χ1) is 14.7. The lowest BCUT2D eigenvalue weighted by Gasteiger charge is -2.22. The van der Waals surface area contributed by atoms with E-state index in [1.165, 1.54) is 23.7 Å². The van der Waals surface area contributed by atoms with Gasteiger partial charge in [-0.1, -0.05) is 36.5 Å². The Morgan fingerprint density at radius 1 is 1.23 bits per heavy atom. The van der Waals surface area contributed by atoms with Crippen molar-refractivity contribution in [3.05, 3.63) is 40.9 Å². The summed E-state index contributed by atoms with van der Waals surface area (Å²) in [7, 11) is -3.67. The Hall–Kier alpha value is -2.46. The second kappa shape index (κ2) is 9.78. The molecule has 31 heavy (non-hydrogen) atoms. The summed E-state index contributed by atoms with van der Waals surface area (Å²) in [5, 5.41) is 6.62. The first-order valence-electron chi connectivity index (χ1n) is 10.1. The third-order valence-electron chi connectivity index (χ3n) is 5.54. The molecule has 1 aliphatic rings. The molecule has 0 aliphatic carbocycles. The second-order valence-corrected chi connectivity index (χ2v) is 10.9. The fourth-order valence-electron chi connectivity index (χ4n) is 3.63. The average Bonchev–Trinajstić information content (AvgIpc) is 3.20. The number of rotatable bonds is 7. The maximum Gasteiger partial charge on any atom is 0.287 e. The van der Waals surface area contributed by atoms with Gasteiger partial charge in [0, 0.05) is 18.3 Å². The number of carbonyl (C=O) groups is 3. The number of Topliss-reactive ketones (excluding diaryl/α,β-unsaturated/α-hetero) is 2. The predicted octanol–water partition coefficient (Wildman–Crippen LogP) is 1.99. The van der Waals surface area contributed by atoms with Crippen molar-refractivity contribution < 1.29 is 22.8 Å². The Labute approximate surface area is 185 Å². The van der Waals surface area contributed by atoms with E-state index >= 15 is 0 Å². The molecule has 1 aromatic carbocycles. The zero-order chi connectivity index (χ0) is 22.6. The van der Waals surface area contributed by atoms with Gasteiger partial charge in [-0.05, 0) is 42.4 Å². The molecule has 1 amide bonds. The minimum Gasteiger partial charge on any atom is -0.344 e. The quantitative estimate of drug-likeness (QED) is 0.623. The van der Waals surface area contributed by atoms with Crippen molar-refractivity contribution in [2.24, 2.45) is 17.8 Å². The predicted molar refractivity (Wildman–Crippen MR) is 115 cm³/mol. The lowest BCUT2D eigenvalue weighted by Crippen LogP contribution is -2.37. The first-order valence-corrected chi connectivity index (χ1v) is 12.5. The van der Waals surface area contributed by atoms with E-state index in [4.69, 9.17) is 0 Å².